The highest BCUT2D eigenvalue weighted by atomic mass is 32.7. The van der Waals surface area contributed by atoms with Crippen LogP contribution in [0.15, 0.2) is 4.90 Å². The zero-order valence-corrected chi connectivity index (χ0v) is 11.0. The third-order valence-corrected chi connectivity index (χ3v) is 9.16. The molecule has 0 spiro atoms. The fourth-order valence-electron chi connectivity index (χ4n) is 0.841. The third kappa shape index (κ3) is 3.03. The SMILES string of the molecule is O=P(O)(O)P(O)(O)=[S+]c1c(F)c(F)c(F)c(F)c1F. The predicted molar refractivity (Wildman–Crippen MR) is 55.3 cm³/mol. The lowest BCUT2D eigenvalue weighted by Gasteiger charge is -2.03. The molecule has 19 heavy (non-hydrogen) atoms. The van der Waals surface area contributed by atoms with Crippen molar-refractivity contribution in [2.24, 2.45) is 0 Å². The molecule has 0 aliphatic carbocycles. The first-order chi connectivity index (χ1) is 8.40. The summed E-state index contributed by atoms with van der Waals surface area (Å²) in [6.07, 6.45) is -5.31. The summed E-state index contributed by atoms with van der Waals surface area (Å²) in [6, 6.07) is 0. The molecule has 0 amide bonds. The molecule has 0 aliphatic rings. The number of rotatable bonds is 2. The van der Waals surface area contributed by atoms with Crippen molar-refractivity contribution in [1.29, 1.82) is 0 Å². The molecule has 0 saturated carbocycles. The smallest absolute Gasteiger partial charge is 0.315 e. The normalized spacial score (nSPS) is 12.7. The van der Waals surface area contributed by atoms with E-state index in [4.69, 9.17) is 19.6 Å². The second-order valence-electron chi connectivity index (χ2n) is 3.02. The lowest BCUT2D eigenvalue weighted by Crippen LogP contribution is -2.04. The van der Waals surface area contributed by atoms with Gasteiger partial charge in [0.2, 0.25) is 29.1 Å². The van der Waals surface area contributed by atoms with Gasteiger partial charge in [-0.15, -0.1) is 0 Å². The van der Waals surface area contributed by atoms with Crippen molar-refractivity contribution in [2.75, 3.05) is 0 Å². The predicted octanol–water partition coefficient (Wildman–Crippen LogP) is 1.66. The lowest BCUT2D eigenvalue weighted by atomic mass is 10.3. The zero-order chi connectivity index (χ0) is 15.2. The maximum absolute atomic E-state index is 13.1. The molecule has 0 unspecified atom stereocenters. The standard InChI is InChI=1S/C6H3F5O5P2S/c7-1-2(8)4(10)6(5(11)3(1)9)19-18(15,16)17(12,13)14/h(H3-,12,13,14,15,16)/p+1. The Morgan fingerprint density at radius 1 is 0.737 bits per heavy atom. The van der Waals surface area contributed by atoms with Gasteiger partial charge in [-0.3, -0.25) is 0 Å². The van der Waals surface area contributed by atoms with Crippen molar-refractivity contribution in [3.8, 4) is 0 Å². The first-order valence-electron chi connectivity index (χ1n) is 4.01. The largest absolute Gasteiger partial charge is 0.487 e. The van der Waals surface area contributed by atoms with Crippen LogP contribution in [0.5, 0.6) is 0 Å². The lowest BCUT2D eigenvalue weighted by molar-refractivity contribution is 0.360. The molecular formula is C6H4F5O5P2S+. The summed E-state index contributed by atoms with van der Waals surface area (Å²) < 4.78 is 75.0. The van der Waals surface area contributed by atoms with Gasteiger partial charge in [0.05, 0.1) is 0 Å². The number of hydrogen-bond acceptors (Lipinski definition) is 1. The van der Waals surface area contributed by atoms with Crippen molar-refractivity contribution in [3.63, 3.8) is 0 Å². The van der Waals surface area contributed by atoms with Crippen LogP contribution in [0.2, 0.25) is 0 Å². The van der Waals surface area contributed by atoms with Gasteiger partial charge in [0.15, 0.2) is 0 Å². The summed E-state index contributed by atoms with van der Waals surface area (Å²) >= 11 is 0. The van der Waals surface area contributed by atoms with Crippen LogP contribution >= 0.6 is 13.5 Å². The van der Waals surface area contributed by atoms with Crippen molar-refractivity contribution < 1.29 is 46.1 Å². The van der Waals surface area contributed by atoms with E-state index in [1.54, 1.807) is 0 Å². The summed E-state index contributed by atoms with van der Waals surface area (Å²) in [4.78, 5) is 33.2. The summed E-state index contributed by atoms with van der Waals surface area (Å²) in [5.74, 6) is -12.0. The van der Waals surface area contributed by atoms with Crippen LogP contribution in [0, 0.1) is 29.1 Å². The van der Waals surface area contributed by atoms with E-state index in [-0.39, 0.29) is 0 Å². The minimum atomic E-state index is -5.60. The molecule has 0 atom stereocenters. The maximum Gasteiger partial charge on any atom is 0.487 e. The molecule has 0 fully saturated rings. The molecule has 1 aromatic carbocycles. The highest BCUT2D eigenvalue weighted by molar-refractivity contribution is 8.50. The van der Waals surface area contributed by atoms with Crippen LogP contribution in [-0.2, 0) is 15.5 Å². The molecule has 0 aliphatic heterocycles. The monoisotopic (exact) mass is 345 g/mol. The molecule has 5 nitrogen and oxygen atoms in total. The third-order valence-electron chi connectivity index (χ3n) is 1.72. The fraction of sp³-hybridized carbons (Fsp3) is 0. The Bertz CT molecular complexity index is 608. The van der Waals surface area contributed by atoms with Crippen LogP contribution in [0.3, 0.4) is 0 Å². The summed E-state index contributed by atoms with van der Waals surface area (Å²) in [5.41, 5.74) is 0. The van der Waals surface area contributed by atoms with Crippen molar-refractivity contribution in [3.05, 3.63) is 29.1 Å². The second-order valence-corrected chi connectivity index (χ2v) is 11.8. The van der Waals surface area contributed by atoms with Gasteiger partial charge in [0.1, 0.15) is 0 Å². The van der Waals surface area contributed by atoms with Gasteiger partial charge in [-0.25, -0.2) is 17.7 Å². The molecular weight excluding hydrogens is 341 g/mol. The number of halogens is 5. The number of benzene rings is 1. The van der Waals surface area contributed by atoms with Crippen LogP contribution in [-0.4, -0.2) is 19.6 Å². The first kappa shape index (κ1) is 16.6. The number of hydrogen-bond donors (Lipinski definition) is 4. The van der Waals surface area contributed by atoms with E-state index in [1.807, 2.05) is 0 Å². The topological polar surface area (TPSA) is 98.0 Å². The van der Waals surface area contributed by atoms with E-state index in [9.17, 15) is 26.5 Å². The molecule has 0 bridgehead atoms. The summed E-state index contributed by atoms with van der Waals surface area (Å²) in [6.45, 7) is 0. The fourth-order valence-corrected chi connectivity index (χ4v) is 4.76. The zero-order valence-electron chi connectivity index (χ0n) is 8.39. The van der Waals surface area contributed by atoms with Gasteiger partial charge in [0.25, 0.3) is 10.9 Å². The average molecular weight is 345 g/mol. The first-order valence-corrected chi connectivity index (χ1v) is 9.45. The molecule has 108 valence electrons. The quantitative estimate of drug-likeness (QED) is 0.215. The van der Waals surface area contributed by atoms with Crippen LogP contribution < -0.4 is 0 Å². The highest BCUT2D eigenvalue weighted by Gasteiger charge is 2.48. The molecule has 4 N–H and O–H groups in total. The van der Waals surface area contributed by atoms with Gasteiger partial charge >= 0.3 is 18.4 Å². The van der Waals surface area contributed by atoms with Crippen LogP contribution in [0.25, 0.3) is 0 Å². The van der Waals surface area contributed by atoms with Gasteiger partial charge < -0.3 is 19.6 Å². The van der Waals surface area contributed by atoms with E-state index in [0.717, 1.165) is 0 Å². The van der Waals surface area contributed by atoms with E-state index in [1.165, 1.54) is 0 Å². The molecule has 0 heterocycles. The van der Waals surface area contributed by atoms with Gasteiger partial charge in [-0.1, -0.05) is 0 Å². The van der Waals surface area contributed by atoms with Crippen LogP contribution in [0.1, 0.15) is 0 Å². The van der Waals surface area contributed by atoms with Gasteiger partial charge in [-0.05, 0) is 0 Å². The Kier molecular flexibility index (Phi) is 4.53. The van der Waals surface area contributed by atoms with Crippen molar-refractivity contribution in [2.45, 2.75) is 4.90 Å². The Balaban J connectivity index is 3.73. The Morgan fingerprint density at radius 2 is 1.05 bits per heavy atom. The molecule has 13 heteroatoms. The Morgan fingerprint density at radius 3 is 1.37 bits per heavy atom. The van der Waals surface area contributed by atoms with E-state index < -0.39 is 58.4 Å². The maximum atomic E-state index is 13.1. The second kappa shape index (κ2) is 5.17. The van der Waals surface area contributed by atoms with E-state index >= 15 is 0 Å². The summed E-state index contributed by atoms with van der Waals surface area (Å²) in [7, 11) is -6.50. The molecule has 0 radical (unpaired) electrons. The molecule has 1 aromatic rings. The summed E-state index contributed by atoms with van der Waals surface area (Å²) in [5, 5.41) is 0. The highest BCUT2D eigenvalue weighted by Crippen LogP contribution is 2.73. The van der Waals surface area contributed by atoms with Crippen molar-refractivity contribution in [1.82, 2.24) is 0 Å². The molecule has 0 aromatic heterocycles. The Labute approximate surface area is 105 Å². The Hall–Kier alpha value is -0.410. The van der Waals surface area contributed by atoms with E-state index in [2.05, 4.69) is 0 Å². The van der Waals surface area contributed by atoms with E-state index in [0.29, 0.717) is 0 Å². The van der Waals surface area contributed by atoms with Crippen molar-refractivity contribution >= 4 is 24.4 Å². The molecule has 1 rings (SSSR count). The molecule has 0 saturated heterocycles. The van der Waals surface area contributed by atoms with Gasteiger partial charge in [0, 0.05) is 0 Å². The average Bonchev–Trinajstić information content (AvgIpc) is 2.28. The van der Waals surface area contributed by atoms with Crippen LogP contribution in [0.4, 0.5) is 22.0 Å². The minimum Gasteiger partial charge on any atom is -0.315 e. The van der Waals surface area contributed by atoms with Gasteiger partial charge in [-0.2, -0.15) is 8.78 Å². The minimum absolute atomic E-state index is 0.894.